The van der Waals surface area contributed by atoms with Crippen LogP contribution in [0.2, 0.25) is 0 Å². The Hall–Kier alpha value is -0.570. The topological polar surface area (TPSA) is 52.3 Å². The molecular weight excluding hydrogens is 202 g/mol. The van der Waals surface area contributed by atoms with Crippen molar-refractivity contribution in [2.45, 2.75) is 57.1 Å². The van der Waals surface area contributed by atoms with Crippen molar-refractivity contribution in [3.8, 4) is 0 Å². The smallest absolute Gasteiger partial charge is 0.326 e. The molecule has 0 aromatic heterocycles. The number of cyclic esters (lactones) is 1. The summed E-state index contributed by atoms with van der Waals surface area (Å²) in [5.74, 6) is 1.59. The number of hydrogen-bond donors (Lipinski definition) is 1. The monoisotopic (exact) mass is 223 g/mol. The summed E-state index contributed by atoms with van der Waals surface area (Å²) < 4.78 is 5.35. The van der Waals surface area contributed by atoms with E-state index in [1.165, 1.54) is 25.7 Å². The Morgan fingerprint density at radius 2 is 2.00 bits per heavy atom. The Balaban J connectivity index is 1.86. The third kappa shape index (κ3) is 1.33. The molecule has 0 bridgehead atoms. The molecule has 3 nitrogen and oxygen atoms in total. The van der Waals surface area contributed by atoms with Crippen LogP contribution in [0.5, 0.6) is 0 Å². The number of hydrogen-bond acceptors (Lipinski definition) is 3. The zero-order valence-electron chi connectivity index (χ0n) is 9.95. The van der Waals surface area contributed by atoms with Crippen LogP contribution in [-0.2, 0) is 9.53 Å². The first kappa shape index (κ1) is 10.6. The van der Waals surface area contributed by atoms with E-state index in [0.717, 1.165) is 18.8 Å². The van der Waals surface area contributed by atoms with Gasteiger partial charge in [-0.25, -0.2) is 0 Å². The lowest BCUT2D eigenvalue weighted by Crippen LogP contribution is -2.56. The van der Waals surface area contributed by atoms with Crippen molar-refractivity contribution in [3.63, 3.8) is 0 Å². The molecule has 0 amide bonds. The second kappa shape index (κ2) is 3.46. The highest BCUT2D eigenvalue weighted by Gasteiger charge is 2.58. The van der Waals surface area contributed by atoms with Crippen LogP contribution in [-0.4, -0.2) is 17.6 Å². The van der Waals surface area contributed by atoms with Crippen molar-refractivity contribution in [1.82, 2.24) is 0 Å². The molecule has 3 rings (SSSR count). The largest absolute Gasteiger partial charge is 0.461 e. The maximum atomic E-state index is 11.9. The second-order valence-electron chi connectivity index (χ2n) is 6.00. The molecule has 16 heavy (non-hydrogen) atoms. The molecule has 0 spiro atoms. The van der Waals surface area contributed by atoms with Crippen molar-refractivity contribution in [3.05, 3.63) is 0 Å². The number of esters is 1. The van der Waals surface area contributed by atoms with Gasteiger partial charge in [0.05, 0.1) is 0 Å². The van der Waals surface area contributed by atoms with Crippen LogP contribution in [0.25, 0.3) is 0 Å². The SMILES string of the molecule is CC1OC(=O)C2(N)CC3CCCCC3CC12. The fraction of sp³-hybridized carbons (Fsp3) is 0.923. The van der Waals surface area contributed by atoms with Gasteiger partial charge in [0.1, 0.15) is 11.6 Å². The Morgan fingerprint density at radius 3 is 2.75 bits per heavy atom. The van der Waals surface area contributed by atoms with Gasteiger partial charge in [-0.3, -0.25) is 4.79 Å². The molecule has 0 aromatic carbocycles. The molecule has 5 unspecified atom stereocenters. The zero-order valence-corrected chi connectivity index (χ0v) is 9.95. The summed E-state index contributed by atoms with van der Waals surface area (Å²) in [6, 6.07) is 0. The van der Waals surface area contributed by atoms with Crippen molar-refractivity contribution < 1.29 is 9.53 Å². The fourth-order valence-electron chi connectivity index (χ4n) is 4.19. The van der Waals surface area contributed by atoms with E-state index in [1.807, 2.05) is 6.92 Å². The van der Waals surface area contributed by atoms with Gasteiger partial charge in [0.15, 0.2) is 0 Å². The Morgan fingerprint density at radius 1 is 1.31 bits per heavy atom. The van der Waals surface area contributed by atoms with Crippen LogP contribution in [0, 0.1) is 17.8 Å². The lowest BCUT2D eigenvalue weighted by atomic mass is 9.60. The summed E-state index contributed by atoms with van der Waals surface area (Å²) in [6.45, 7) is 2.00. The van der Waals surface area contributed by atoms with Gasteiger partial charge in [0.25, 0.3) is 0 Å². The molecule has 2 N–H and O–H groups in total. The van der Waals surface area contributed by atoms with Gasteiger partial charge in [-0.1, -0.05) is 25.7 Å². The summed E-state index contributed by atoms with van der Waals surface area (Å²) >= 11 is 0. The molecular formula is C13H21NO2. The van der Waals surface area contributed by atoms with Gasteiger partial charge in [-0.2, -0.15) is 0 Å². The minimum atomic E-state index is -0.655. The zero-order chi connectivity index (χ0) is 11.3. The molecule has 2 aliphatic carbocycles. The summed E-state index contributed by atoms with van der Waals surface area (Å²) in [7, 11) is 0. The first-order valence-electron chi connectivity index (χ1n) is 6.61. The first-order chi connectivity index (χ1) is 7.61. The summed E-state index contributed by atoms with van der Waals surface area (Å²) in [6.07, 6.45) is 7.26. The molecule has 3 heteroatoms. The highest BCUT2D eigenvalue weighted by atomic mass is 16.6. The maximum Gasteiger partial charge on any atom is 0.326 e. The molecule has 1 aliphatic heterocycles. The van der Waals surface area contributed by atoms with E-state index >= 15 is 0 Å². The predicted molar refractivity (Wildman–Crippen MR) is 60.6 cm³/mol. The molecule has 3 aliphatic rings. The summed E-state index contributed by atoms with van der Waals surface area (Å²) in [4.78, 5) is 11.9. The molecule has 90 valence electrons. The van der Waals surface area contributed by atoms with E-state index in [0.29, 0.717) is 5.92 Å². The first-order valence-corrected chi connectivity index (χ1v) is 6.61. The summed E-state index contributed by atoms with van der Waals surface area (Å²) in [5.41, 5.74) is 5.68. The highest BCUT2D eigenvalue weighted by molar-refractivity contribution is 5.83. The summed E-state index contributed by atoms with van der Waals surface area (Å²) in [5, 5.41) is 0. The molecule has 1 heterocycles. The quantitative estimate of drug-likeness (QED) is 0.638. The van der Waals surface area contributed by atoms with E-state index in [9.17, 15) is 4.79 Å². The molecule has 3 fully saturated rings. The van der Waals surface area contributed by atoms with Crippen LogP contribution in [0.15, 0.2) is 0 Å². The number of nitrogens with two attached hydrogens (primary N) is 1. The number of ether oxygens (including phenoxy) is 1. The van der Waals surface area contributed by atoms with Crippen LogP contribution >= 0.6 is 0 Å². The van der Waals surface area contributed by atoms with Crippen molar-refractivity contribution >= 4 is 5.97 Å². The average molecular weight is 223 g/mol. The Kier molecular flexibility index (Phi) is 2.29. The van der Waals surface area contributed by atoms with Gasteiger partial charge in [0, 0.05) is 5.92 Å². The Bertz CT molecular complexity index is 317. The average Bonchev–Trinajstić information content (AvgIpc) is 2.47. The molecule has 1 saturated heterocycles. The van der Waals surface area contributed by atoms with Crippen molar-refractivity contribution in [2.24, 2.45) is 23.5 Å². The minimum Gasteiger partial charge on any atom is -0.461 e. The van der Waals surface area contributed by atoms with Gasteiger partial charge in [-0.05, 0) is 31.6 Å². The minimum absolute atomic E-state index is 0.0281. The lowest BCUT2D eigenvalue weighted by Gasteiger charge is -2.44. The van der Waals surface area contributed by atoms with Crippen molar-refractivity contribution in [1.29, 1.82) is 0 Å². The molecule has 0 aromatic rings. The van der Waals surface area contributed by atoms with Crippen molar-refractivity contribution in [2.75, 3.05) is 0 Å². The van der Waals surface area contributed by atoms with E-state index < -0.39 is 5.54 Å². The highest BCUT2D eigenvalue weighted by Crippen LogP contribution is 2.50. The Labute approximate surface area is 96.7 Å². The van der Waals surface area contributed by atoms with Crippen LogP contribution in [0.4, 0.5) is 0 Å². The van der Waals surface area contributed by atoms with Gasteiger partial charge in [-0.15, -0.1) is 0 Å². The molecule has 5 atom stereocenters. The fourth-order valence-corrected chi connectivity index (χ4v) is 4.19. The third-order valence-corrected chi connectivity index (χ3v) is 5.12. The number of carbonyl (C=O) groups excluding carboxylic acids is 1. The van der Waals surface area contributed by atoms with Crippen LogP contribution < -0.4 is 5.73 Å². The number of rotatable bonds is 0. The molecule has 2 saturated carbocycles. The number of carbonyl (C=O) groups is 1. The number of fused-ring (bicyclic) bond motifs is 2. The third-order valence-electron chi connectivity index (χ3n) is 5.12. The predicted octanol–water partition coefficient (Wildman–Crippen LogP) is 1.85. The maximum absolute atomic E-state index is 11.9. The van der Waals surface area contributed by atoms with E-state index in [1.54, 1.807) is 0 Å². The second-order valence-corrected chi connectivity index (χ2v) is 6.00. The van der Waals surface area contributed by atoms with E-state index in [2.05, 4.69) is 0 Å². The molecule has 0 radical (unpaired) electrons. The van der Waals surface area contributed by atoms with Crippen LogP contribution in [0.1, 0.15) is 45.4 Å². The normalized spacial score (nSPS) is 51.8. The van der Waals surface area contributed by atoms with Gasteiger partial charge in [0.2, 0.25) is 0 Å². The van der Waals surface area contributed by atoms with E-state index in [-0.39, 0.29) is 18.0 Å². The van der Waals surface area contributed by atoms with Crippen LogP contribution in [0.3, 0.4) is 0 Å². The lowest BCUT2D eigenvalue weighted by molar-refractivity contribution is -0.145. The standard InChI is InChI=1S/C13H21NO2/c1-8-11-6-9-4-2-3-5-10(9)7-13(11,14)12(15)16-8/h8-11H,2-7,14H2,1H3. The van der Waals surface area contributed by atoms with Gasteiger partial charge < -0.3 is 10.5 Å². The van der Waals surface area contributed by atoms with E-state index in [4.69, 9.17) is 10.5 Å². The van der Waals surface area contributed by atoms with Gasteiger partial charge >= 0.3 is 5.97 Å².